The van der Waals surface area contributed by atoms with Crippen molar-refractivity contribution in [3.63, 3.8) is 0 Å². The van der Waals surface area contributed by atoms with E-state index in [1.54, 1.807) is 19.1 Å². The summed E-state index contributed by atoms with van der Waals surface area (Å²) in [5.74, 6) is -1.16. The summed E-state index contributed by atoms with van der Waals surface area (Å²) in [6.45, 7) is 1.19. The highest BCUT2D eigenvalue weighted by molar-refractivity contribution is 7.16. The fourth-order valence-corrected chi connectivity index (χ4v) is 2.08. The average molecular weight is 279 g/mol. The minimum Gasteiger partial charge on any atom is -0.479 e. The molecule has 1 aromatic heterocycles. The lowest BCUT2D eigenvalue weighted by atomic mass is 10.3. The van der Waals surface area contributed by atoms with Crippen molar-refractivity contribution in [3.8, 4) is 0 Å². The van der Waals surface area contributed by atoms with Gasteiger partial charge in [-0.05, 0) is 19.1 Å². The van der Waals surface area contributed by atoms with E-state index < -0.39 is 18.6 Å². The molecule has 0 saturated carbocycles. The molecule has 1 heterocycles. The maximum absolute atomic E-state index is 11.2. The molecule has 1 atom stereocenters. The van der Waals surface area contributed by atoms with E-state index in [9.17, 15) is 9.59 Å². The van der Waals surface area contributed by atoms with Gasteiger partial charge in [-0.3, -0.25) is 4.84 Å². The second-order valence-corrected chi connectivity index (χ2v) is 4.87. The minimum atomic E-state index is -1.16. The zero-order valence-corrected chi connectivity index (χ0v) is 10.5. The molecule has 3 N–H and O–H groups in total. The fourth-order valence-electron chi connectivity index (χ4n) is 1.02. The van der Waals surface area contributed by atoms with Crippen molar-refractivity contribution < 1.29 is 19.5 Å². The smallest absolute Gasteiger partial charge is 0.339 e. The molecule has 0 aliphatic carbocycles. The molecule has 0 aliphatic heterocycles. The molecular weight excluding hydrogens is 268 g/mol. The summed E-state index contributed by atoms with van der Waals surface area (Å²) in [5.41, 5.74) is 1.96. The average Bonchev–Trinajstić information content (AvgIpc) is 2.64. The maximum Gasteiger partial charge on any atom is 0.339 e. The van der Waals surface area contributed by atoms with Gasteiger partial charge in [0, 0.05) is 4.88 Å². The summed E-state index contributed by atoms with van der Waals surface area (Å²) in [6, 6.07) is 2.69. The number of hydrogen-bond donors (Lipinski definition) is 3. The first-order valence-corrected chi connectivity index (χ1v) is 5.84. The van der Waals surface area contributed by atoms with E-state index in [1.807, 2.05) is 5.48 Å². The number of urea groups is 1. The van der Waals surface area contributed by atoms with Crippen molar-refractivity contribution in [3.05, 3.63) is 21.3 Å². The predicted octanol–water partition coefficient (Wildman–Crippen LogP) is 1.78. The Morgan fingerprint density at radius 1 is 1.59 bits per heavy atom. The van der Waals surface area contributed by atoms with E-state index in [0.717, 1.165) is 4.88 Å². The van der Waals surface area contributed by atoms with Gasteiger partial charge < -0.3 is 10.4 Å². The predicted molar refractivity (Wildman–Crippen MR) is 63.0 cm³/mol. The molecule has 6 nitrogen and oxygen atoms in total. The molecule has 0 aromatic carbocycles. The van der Waals surface area contributed by atoms with Crippen molar-refractivity contribution in [1.29, 1.82) is 0 Å². The van der Waals surface area contributed by atoms with Gasteiger partial charge in [0.1, 0.15) is 0 Å². The molecule has 1 rings (SSSR count). The third kappa shape index (κ3) is 5.03. The number of rotatable bonds is 5. The van der Waals surface area contributed by atoms with Crippen LogP contribution in [0.1, 0.15) is 17.8 Å². The Labute approximate surface area is 106 Å². The highest BCUT2D eigenvalue weighted by atomic mass is 35.5. The number of carbonyl (C=O) groups excluding carboxylic acids is 1. The van der Waals surface area contributed by atoms with Crippen molar-refractivity contribution in [2.45, 2.75) is 13.0 Å². The zero-order valence-electron chi connectivity index (χ0n) is 8.90. The standard InChI is InChI=1S/C9H11ClN2O4S/c1-5(6-2-3-7(10)17-6)11-9(15)12-16-4-8(13)14/h2-3,5H,4H2,1H3,(H,13,14)(H2,11,12,15). The molecule has 0 fully saturated rings. The van der Waals surface area contributed by atoms with Gasteiger partial charge in [-0.2, -0.15) is 0 Å². The van der Waals surface area contributed by atoms with Crippen LogP contribution in [0, 0.1) is 0 Å². The van der Waals surface area contributed by atoms with E-state index in [1.165, 1.54) is 11.3 Å². The lowest BCUT2D eigenvalue weighted by Crippen LogP contribution is -2.37. The maximum atomic E-state index is 11.2. The fraction of sp³-hybridized carbons (Fsp3) is 0.333. The van der Waals surface area contributed by atoms with Gasteiger partial charge in [0.05, 0.1) is 10.4 Å². The van der Waals surface area contributed by atoms with Crippen molar-refractivity contribution in [2.24, 2.45) is 0 Å². The Bertz CT molecular complexity index is 409. The van der Waals surface area contributed by atoms with Crippen LogP contribution < -0.4 is 10.8 Å². The largest absolute Gasteiger partial charge is 0.479 e. The van der Waals surface area contributed by atoms with E-state index in [-0.39, 0.29) is 6.04 Å². The molecule has 0 bridgehead atoms. The number of hydrogen-bond acceptors (Lipinski definition) is 4. The zero-order chi connectivity index (χ0) is 12.8. The number of carboxylic acids is 1. The molecule has 0 saturated heterocycles. The van der Waals surface area contributed by atoms with Crippen LogP contribution in [0.2, 0.25) is 4.34 Å². The number of aliphatic carboxylic acids is 1. The van der Waals surface area contributed by atoms with Gasteiger partial charge in [0.2, 0.25) is 0 Å². The van der Waals surface area contributed by atoms with Gasteiger partial charge in [-0.1, -0.05) is 11.6 Å². The Balaban J connectivity index is 2.33. The van der Waals surface area contributed by atoms with E-state index in [2.05, 4.69) is 10.2 Å². The minimum absolute atomic E-state index is 0.235. The number of nitrogens with one attached hydrogen (secondary N) is 2. The second kappa shape index (κ2) is 6.43. The Kier molecular flexibility index (Phi) is 5.20. The first-order chi connectivity index (χ1) is 7.99. The number of amides is 2. The summed E-state index contributed by atoms with van der Waals surface area (Å²) < 4.78 is 0.635. The SMILES string of the molecule is CC(NC(=O)NOCC(=O)O)c1ccc(Cl)s1. The van der Waals surface area contributed by atoms with Crippen LogP contribution in [0.5, 0.6) is 0 Å². The van der Waals surface area contributed by atoms with Gasteiger partial charge >= 0.3 is 12.0 Å². The number of carbonyl (C=O) groups is 2. The monoisotopic (exact) mass is 278 g/mol. The summed E-state index contributed by atoms with van der Waals surface area (Å²) >= 11 is 7.11. The molecular formula is C9H11ClN2O4S. The summed E-state index contributed by atoms with van der Waals surface area (Å²) in [5, 5.41) is 10.8. The number of carboxylic acid groups (broad SMARTS) is 1. The number of halogens is 1. The second-order valence-electron chi connectivity index (χ2n) is 3.12. The van der Waals surface area contributed by atoms with Crippen LogP contribution in [-0.4, -0.2) is 23.7 Å². The Hall–Kier alpha value is -1.31. The topological polar surface area (TPSA) is 87.7 Å². The highest BCUT2D eigenvalue weighted by Gasteiger charge is 2.11. The number of hydroxylamine groups is 1. The lowest BCUT2D eigenvalue weighted by molar-refractivity contribution is -0.144. The third-order valence-electron chi connectivity index (χ3n) is 1.73. The van der Waals surface area contributed by atoms with Crippen molar-refractivity contribution >= 4 is 34.9 Å². The molecule has 0 aliphatic rings. The highest BCUT2D eigenvalue weighted by Crippen LogP contribution is 2.26. The van der Waals surface area contributed by atoms with Crippen LogP contribution in [0.25, 0.3) is 0 Å². The van der Waals surface area contributed by atoms with Gasteiger partial charge in [-0.25, -0.2) is 15.1 Å². The molecule has 0 spiro atoms. The summed E-state index contributed by atoms with van der Waals surface area (Å²) in [6.07, 6.45) is 0. The molecule has 1 aromatic rings. The van der Waals surface area contributed by atoms with Crippen LogP contribution in [0.4, 0.5) is 4.79 Å². The van der Waals surface area contributed by atoms with Crippen LogP contribution in [-0.2, 0) is 9.63 Å². The van der Waals surface area contributed by atoms with Crippen LogP contribution in [0.15, 0.2) is 12.1 Å². The summed E-state index contributed by atoms with van der Waals surface area (Å²) in [4.78, 5) is 26.7. The first kappa shape index (κ1) is 13.8. The first-order valence-electron chi connectivity index (χ1n) is 4.64. The lowest BCUT2D eigenvalue weighted by Gasteiger charge is -2.12. The third-order valence-corrected chi connectivity index (χ3v) is 3.14. The van der Waals surface area contributed by atoms with E-state index in [4.69, 9.17) is 16.7 Å². The van der Waals surface area contributed by atoms with E-state index in [0.29, 0.717) is 4.34 Å². The van der Waals surface area contributed by atoms with Gasteiger partial charge in [-0.15, -0.1) is 11.3 Å². The Morgan fingerprint density at radius 3 is 2.82 bits per heavy atom. The summed E-state index contributed by atoms with van der Waals surface area (Å²) in [7, 11) is 0. The normalized spacial score (nSPS) is 11.9. The van der Waals surface area contributed by atoms with Gasteiger partial charge in [0.25, 0.3) is 0 Å². The molecule has 94 valence electrons. The molecule has 2 amide bonds. The molecule has 1 unspecified atom stereocenters. The van der Waals surface area contributed by atoms with Crippen molar-refractivity contribution in [2.75, 3.05) is 6.61 Å². The Morgan fingerprint density at radius 2 is 2.29 bits per heavy atom. The van der Waals surface area contributed by atoms with E-state index >= 15 is 0 Å². The van der Waals surface area contributed by atoms with Crippen LogP contribution in [0.3, 0.4) is 0 Å². The quantitative estimate of drug-likeness (QED) is 0.717. The van der Waals surface area contributed by atoms with Crippen molar-refractivity contribution in [1.82, 2.24) is 10.8 Å². The molecule has 17 heavy (non-hydrogen) atoms. The van der Waals surface area contributed by atoms with Gasteiger partial charge in [0.15, 0.2) is 6.61 Å². The molecule has 0 radical (unpaired) electrons. The number of thiophene rings is 1. The van der Waals surface area contributed by atoms with Crippen LogP contribution >= 0.6 is 22.9 Å². The molecule has 8 heteroatoms.